The molecule has 0 aliphatic carbocycles. The minimum atomic E-state index is -0.478. The van der Waals surface area contributed by atoms with Crippen LogP contribution in [0, 0.1) is 5.92 Å². The molecule has 0 spiro atoms. The van der Waals surface area contributed by atoms with Gasteiger partial charge in [-0.1, -0.05) is 18.0 Å². The van der Waals surface area contributed by atoms with E-state index in [4.69, 9.17) is 28.8 Å². The van der Waals surface area contributed by atoms with Gasteiger partial charge in [0.1, 0.15) is 22.0 Å². The van der Waals surface area contributed by atoms with E-state index in [1.54, 1.807) is 53.3 Å². The number of unbranched alkanes of at least 4 members (excludes halogenated alkanes) is 1. The number of carbonyl (C=O) groups excluding carboxylic acids is 3. The summed E-state index contributed by atoms with van der Waals surface area (Å²) in [5, 5.41) is 2.85. The van der Waals surface area contributed by atoms with Gasteiger partial charge in [0.05, 0.1) is 11.1 Å². The summed E-state index contributed by atoms with van der Waals surface area (Å²) in [5.74, 6) is -1.05. The van der Waals surface area contributed by atoms with Crippen molar-refractivity contribution < 1.29 is 14.4 Å². The fourth-order valence-corrected chi connectivity index (χ4v) is 5.94. The first-order valence-electron chi connectivity index (χ1n) is 13.0. The second-order valence-corrected chi connectivity index (χ2v) is 11.5. The van der Waals surface area contributed by atoms with Gasteiger partial charge in [0, 0.05) is 63.3 Å². The summed E-state index contributed by atoms with van der Waals surface area (Å²) in [4.78, 5) is 55.6. The number of rotatable bonds is 11. The maximum absolute atomic E-state index is 13.4. The van der Waals surface area contributed by atoms with Gasteiger partial charge in [-0.2, -0.15) is 0 Å². The maximum Gasteiger partial charge on any atom is 0.274 e. The van der Waals surface area contributed by atoms with Crippen molar-refractivity contribution in [2.45, 2.75) is 44.2 Å². The van der Waals surface area contributed by atoms with Gasteiger partial charge in [-0.3, -0.25) is 19.4 Å². The topological polar surface area (TPSA) is 178 Å². The molecular weight excluding hydrogens is 554 g/mol. The molecule has 0 radical (unpaired) electrons. The monoisotopic (exact) mass is 587 g/mol. The van der Waals surface area contributed by atoms with Crippen molar-refractivity contribution in [1.82, 2.24) is 24.2 Å². The number of pyridine rings is 1. The number of imidazole rings is 1. The lowest BCUT2D eigenvalue weighted by molar-refractivity contribution is -0.133. The molecule has 4 heterocycles. The highest BCUT2D eigenvalue weighted by Crippen LogP contribution is 2.35. The number of carbonyl (C=O) groups is 3. The number of ketones is 1. The molecule has 0 unspecified atom stereocenters. The second-order valence-electron chi connectivity index (χ2n) is 10.1. The van der Waals surface area contributed by atoms with Gasteiger partial charge >= 0.3 is 0 Å². The molecule has 1 fully saturated rings. The van der Waals surface area contributed by atoms with Gasteiger partial charge in [0.2, 0.25) is 5.91 Å². The number of amides is 2. The van der Waals surface area contributed by atoms with E-state index in [-0.39, 0.29) is 53.4 Å². The van der Waals surface area contributed by atoms with Crippen LogP contribution in [0.4, 0.5) is 0 Å². The summed E-state index contributed by atoms with van der Waals surface area (Å²) in [7, 11) is 3.35. The van der Waals surface area contributed by atoms with E-state index in [1.807, 2.05) is 0 Å². The van der Waals surface area contributed by atoms with Crippen molar-refractivity contribution in [3.05, 3.63) is 51.3 Å². The molecule has 0 bridgehead atoms. The van der Waals surface area contributed by atoms with Crippen LogP contribution in [0.3, 0.4) is 0 Å². The molecule has 1 aliphatic rings. The normalized spacial score (nSPS) is 17.6. The van der Waals surface area contributed by atoms with Crippen molar-refractivity contribution >= 4 is 52.1 Å². The van der Waals surface area contributed by atoms with Gasteiger partial charge in [0.15, 0.2) is 11.7 Å². The second kappa shape index (κ2) is 12.7. The molecule has 1 saturated heterocycles. The fraction of sp³-hybridized carbons (Fsp3) is 0.462. The molecular formula is C26H34ClN9O3S. The van der Waals surface area contributed by atoms with Gasteiger partial charge in [-0.25, -0.2) is 9.97 Å². The third kappa shape index (κ3) is 6.95. The average molecular weight is 588 g/mol. The first kappa shape index (κ1) is 29.4. The van der Waals surface area contributed by atoms with Crippen LogP contribution >= 0.6 is 22.9 Å². The first-order chi connectivity index (χ1) is 19.0. The summed E-state index contributed by atoms with van der Waals surface area (Å²) >= 11 is 7.38. The Hall–Kier alpha value is -3.55. The number of aromatic nitrogens is 3. The molecule has 3 aromatic rings. The molecule has 14 heteroatoms. The van der Waals surface area contributed by atoms with Crippen LogP contribution in [0.5, 0.6) is 0 Å². The quantitative estimate of drug-likeness (QED) is 0.132. The van der Waals surface area contributed by atoms with E-state index in [1.165, 1.54) is 16.2 Å². The van der Waals surface area contributed by atoms with E-state index in [0.717, 1.165) is 0 Å². The van der Waals surface area contributed by atoms with Gasteiger partial charge in [-0.05, 0) is 31.4 Å². The van der Waals surface area contributed by atoms with E-state index in [0.29, 0.717) is 54.5 Å². The predicted octanol–water partition coefficient (Wildman–Crippen LogP) is 2.08. The van der Waals surface area contributed by atoms with Crippen molar-refractivity contribution in [1.29, 1.82) is 0 Å². The van der Waals surface area contributed by atoms with Crippen molar-refractivity contribution in [2.75, 3.05) is 27.2 Å². The molecule has 3 aromatic heterocycles. The van der Waals surface area contributed by atoms with E-state index in [2.05, 4.69) is 15.0 Å². The Morgan fingerprint density at radius 3 is 2.67 bits per heavy atom. The molecule has 6 N–H and O–H groups in total. The summed E-state index contributed by atoms with van der Waals surface area (Å²) < 4.78 is 1.70. The minimum absolute atomic E-state index is 0.0298. The number of guanidine groups is 1. The van der Waals surface area contributed by atoms with E-state index in [9.17, 15) is 14.4 Å². The molecule has 3 atom stereocenters. The van der Waals surface area contributed by atoms with E-state index >= 15 is 0 Å². The van der Waals surface area contributed by atoms with Gasteiger partial charge in [-0.15, -0.1) is 11.3 Å². The molecule has 4 rings (SSSR count). The fourth-order valence-electron chi connectivity index (χ4n) is 4.83. The van der Waals surface area contributed by atoms with Crippen molar-refractivity contribution in [2.24, 2.45) is 28.1 Å². The maximum atomic E-state index is 13.4. The van der Waals surface area contributed by atoms with Crippen LogP contribution < -0.4 is 17.2 Å². The number of nitrogens with zero attached hydrogens (tertiary/aromatic N) is 6. The minimum Gasteiger partial charge on any atom is -0.370 e. The zero-order valence-corrected chi connectivity index (χ0v) is 24.1. The number of nitrogens with two attached hydrogens (primary N) is 3. The SMILES string of the molecule is CN(C)C(=O)[C@H](CCCCN=C(N)N)CC(=O)c1csc([C@@H]2C[C@@H](N)CN2C(=O)c2cn3cc(Cl)ccc3n2)n1. The molecule has 12 nitrogen and oxygen atoms in total. The number of aliphatic imine (C=N–C) groups is 1. The van der Waals surface area contributed by atoms with Gasteiger partial charge in [0.25, 0.3) is 5.91 Å². The number of halogens is 1. The Kier molecular flexibility index (Phi) is 9.38. The lowest BCUT2D eigenvalue weighted by Crippen LogP contribution is -2.33. The lowest BCUT2D eigenvalue weighted by atomic mass is 9.94. The third-order valence-electron chi connectivity index (χ3n) is 6.80. The molecule has 2 amide bonds. The zero-order chi connectivity index (χ0) is 29.0. The predicted molar refractivity (Wildman–Crippen MR) is 154 cm³/mol. The number of hydrogen-bond acceptors (Lipinski definition) is 8. The molecule has 1 aliphatic heterocycles. The van der Waals surface area contributed by atoms with Crippen molar-refractivity contribution in [3.8, 4) is 0 Å². The summed E-state index contributed by atoms with van der Waals surface area (Å²) in [6.07, 6.45) is 5.82. The number of likely N-dealkylation sites (tertiary alicyclic amines) is 1. The summed E-state index contributed by atoms with van der Waals surface area (Å²) in [6.45, 7) is 0.816. The van der Waals surface area contributed by atoms with E-state index < -0.39 is 5.92 Å². The highest BCUT2D eigenvalue weighted by molar-refractivity contribution is 7.09. The average Bonchev–Trinajstić information content (AvgIpc) is 3.64. The largest absolute Gasteiger partial charge is 0.370 e. The summed E-state index contributed by atoms with van der Waals surface area (Å²) in [5.41, 5.74) is 18.1. The Morgan fingerprint density at radius 2 is 1.95 bits per heavy atom. The Bertz CT molecular complexity index is 1420. The van der Waals surface area contributed by atoms with Crippen LogP contribution in [-0.2, 0) is 4.79 Å². The van der Waals surface area contributed by atoms with Gasteiger partial charge < -0.3 is 31.4 Å². The number of thiazole rings is 1. The number of hydrogen-bond donors (Lipinski definition) is 3. The number of fused-ring (bicyclic) bond motifs is 1. The van der Waals surface area contributed by atoms with Crippen LogP contribution in [0.15, 0.2) is 34.9 Å². The number of Topliss-reactive ketones (excluding diaryl/α,β-unsaturated/α-hetero) is 1. The molecule has 0 saturated carbocycles. The Balaban J connectivity index is 1.46. The van der Waals surface area contributed by atoms with Crippen LogP contribution in [-0.4, -0.2) is 81.0 Å². The van der Waals surface area contributed by atoms with Crippen LogP contribution in [0.1, 0.15) is 64.1 Å². The Labute approximate surface area is 241 Å². The Morgan fingerprint density at radius 1 is 1.18 bits per heavy atom. The van der Waals surface area contributed by atoms with Crippen molar-refractivity contribution in [3.63, 3.8) is 0 Å². The molecule has 214 valence electrons. The highest BCUT2D eigenvalue weighted by atomic mass is 35.5. The third-order valence-corrected chi connectivity index (χ3v) is 7.97. The molecule has 40 heavy (non-hydrogen) atoms. The zero-order valence-electron chi connectivity index (χ0n) is 22.5. The highest BCUT2D eigenvalue weighted by Gasteiger charge is 2.38. The van der Waals surface area contributed by atoms with Crippen LogP contribution in [0.25, 0.3) is 5.65 Å². The standard InChI is InChI=1S/C26H34ClN9O3S/c1-34(2)24(38)15(5-3-4-8-31-26(29)30)9-21(37)19-14-40-23(33-19)20-10-17(28)12-36(20)25(39)18-13-35-11-16(27)6-7-22(35)32-18/h6-7,11,13-15,17,20H,3-5,8-10,12,28H2,1-2H3,(H4,29,30,31)/t15-,17-,20+/m1/s1. The first-order valence-corrected chi connectivity index (χ1v) is 14.2. The lowest BCUT2D eigenvalue weighted by Gasteiger charge is -2.22. The smallest absolute Gasteiger partial charge is 0.274 e. The molecule has 0 aromatic carbocycles. The summed E-state index contributed by atoms with van der Waals surface area (Å²) in [6, 6.07) is 2.84. The van der Waals surface area contributed by atoms with Crippen LogP contribution in [0.2, 0.25) is 5.02 Å².